The van der Waals surface area contributed by atoms with Gasteiger partial charge in [0.05, 0.1) is 0 Å². The molecule has 2 aromatic carbocycles. The third-order valence-corrected chi connectivity index (χ3v) is 4.00. The standard InChI is InChI=1S/C19H21N3O4/c1-12-4-6-15(20-13(2)23)9-16(12)21-19(24)22(3)10-14-5-7-17-18(8-14)26-11-25-17/h4-9H,10-11H2,1-3H3,(H,20,23)(H,21,24). The number of carbonyl (C=O) groups excluding carboxylic acids is 2. The van der Waals surface area contributed by atoms with Crippen LogP contribution in [0.15, 0.2) is 36.4 Å². The number of amides is 3. The summed E-state index contributed by atoms with van der Waals surface area (Å²) >= 11 is 0. The summed E-state index contributed by atoms with van der Waals surface area (Å²) in [4.78, 5) is 25.3. The Morgan fingerprint density at radius 1 is 1.08 bits per heavy atom. The van der Waals surface area contributed by atoms with Crippen LogP contribution in [0, 0.1) is 6.92 Å². The second-order valence-corrected chi connectivity index (χ2v) is 6.18. The number of urea groups is 1. The minimum Gasteiger partial charge on any atom is -0.454 e. The quantitative estimate of drug-likeness (QED) is 0.881. The number of hydrogen-bond acceptors (Lipinski definition) is 4. The van der Waals surface area contributed by atoms with E-state index < -0.39 is 0 Å². The van der Waals surface area contributed by atoms with Gasteiger partial charge in [0.15, 0.2) is 11.5 Å². The number of nitrogens with zero attached hydrogens (tertiary/aromatic N) is 1. The fourth-order valence-electron chi connectivity index (χ4n) is 2.63. The van der Waals surface area contributed by atoms with Crippen molar-refractivity contribution >= 4 is 23.3 Å². The lowest BCUT2D eigenvalue weighted by molar-refractivity contribution is -0.114. The van der Waals surface area contributed by atoms with Crippen molar-refractivity contribution in [2.45, 2.75) is 20.4 Å². The van der Waals surface area contributed by atoms with Crippen molar-refractivity contribution in [3.05, 3.63) is 47.5 Å². The zero-order valence-electron chi connectivity index (χ0n) is 15.0. The Morgan fingerprint density at radius 2 is 1.85 bits per heavy atom. The molecule has 3 amide bonds. The van der Waals surface area contributed by atoms with Crippen LogP contribution in [0.5, 0.6) is 11.5 Å². The number of aryl methyl sites for hydroxylation is 1. The number of carbonyl (C=O) groups is 2. The second-order valence-electron chi connectivity index (χ2n) is 6.18. The lowest BCUT2D eigenvalue weighted by atomic mass is 10.1. The van der Waals surface area contributed by atoms with Gasteiger partial charge in [-0.15, -0.1) is 0 Å². The highest BCUT2D eigenvalue weighted by Crippen LogP contribution is 2.32. The Balaban J connectivity index is 1.66. The van der Waals surface area contributed by atoms with Gasteiger partial charge in [-0.05, 0) is 42.3 Å². The van der Waals surface area contributed by atoms with Gasteiger partial charge in [0, 0.05) is 31.9 Å². The first-order chi connectivity index (χ1) is 12.4. The highest BCUT2D eigenvalue weighted by atomic mass is 16.7. The minimum absolute atomic E-state index is 0.161. The van der Waals surface area contributed by atoms with E-state index in [1.807, 2.05) is 31.2 Å². The second kappa shape index (κ2) is 7.35. The Bertz CT molecular complexity index is 851. The molecule has 7 nitrogen and oxygen atoms in total. The normalized spacial score (nSPS) is 11.8. The summed E-state index contributed by atoms with van der Waals surface area (Å²) in [5.74, 6) is 1.24. The molecule has 1 aliphatic heterocycles. The smallest absolute Gasteiger partial charge is 0.321 e. The van der Waals surface area contributed by atoms with Gasteiger partial charge in [-0.25, -0.2) is 4.79 Å². The molecule has 0 bridgehead atoms. The van der Waals surface area contributed by atoms with E-state index in [2.05, 4.69) is 10.6 Å². The highest BCUT2D eigenvalue weighted by molar-refractivity contribution is 5.93. The van der Waals surface area contributed by atoms with Crippen LogP contribution in [-0.2, 0) is 11.3 Å². The van der Waals surface area contributed by atoms with E-state index in [0.717, 1.165) is 11.1 Å². The van der Waals surface area contributed by atoms with Gasteiger partial charge in [-0.1, -0.05) is 12.1 Å². The molecule has 7 heteroatoms. The summed E-state index contributed by atoms with van der Waals surface area (Å²) in [6, 6.07) is 10.7. The van der Waals surface area contributed by atoms with Crippen LogP contribution in [0.2, 0.25) is 0 Å². The first kappa shape index (κ1) is 17.6. The number of rotatable bonds is 4. The molecule has 0 unspecified atom stereocenters. The van der Waals surface area contributed by atoms with Crippen LogP contribution >= 0.6 is 0 Å². The summed E-state index contributed by atoms with van der Waals surface area (Å²) in [6.45, 7) is 3.98. The Hall–Kier alpha value is -3.22. The molecular weight excluding hydrogens is 334 g/mol. The molecule has 26 heavy (non-hydrogen) atoms. The summed E-state index contributed by atoms with van der Waals surface area (Å²) in [7, 11) is 1.72. The number of hydrogen-bond donors (Lipinski definition) is 2. The van der Waals surface area contributed by atoms with E-state index in [-0.39, 0.29) is 18.7 Å². The van der Waals surface area contributed by atoms with Crippen molar-refractivity contribution in [3.8, 4) is 11.5 Å². The molecule has 0 fully saturated rings. The molecule has 2 N–H and O–H groups in total. The minimum atomic E-state index is -0.245. The van der Waals surface area contributed by atoms with Gasteiger partial charge in [0.25, 0.3) is 0 Å². The maximum Gasteiger partial charge on any atom is 0.321 e. The molecule has 1 heterocycles. The van der Waals surface area contributed by atoms with Crippen LogP contribution in [0.3, 0.4) is 0 Å². The Labute approximate surface area is 151 Å². The SMILES string of the molecule is CC(=O)Nc1ccc(C)c(NC(=O)N(C)Cc2ccc3c(c2)OCO3)c1. The topological polar surface area (TPSA) is 79.9 Å². The van der Waals surface area contributed by atoms with Crippen molar-refractivity contribution in [2.75, 3.05) is 24.5 Å². The van der Waals surface area contributed by atoms with Crippen molar-refractivity contribution in [1.29, 1.82) is 0 Å². The molecule has 3 rings (SSSR count). The number of ether oxygens (including phenoxy) is 2. The average Bonchev–Trinajstić information content (AvgIpc) is 3.05. The predicted octanol–water partition coefficient (Wildman–Crippen LogP) is 3.35. The lowest BCUT2D eigenvalue weighted by Gasteiger charge is -2.19. The summed E-state index contributed by atoms with van der Waals surface area (Å²) in [6.07, 6.45) is 0. The Morgan fingerprint density at radius 3 is 2.62 bits per heavy atom. The number of nitrogens with one attached hydrogen (secondary N) is 2. The van der Waals surface area contributed by atoms with Crippen molar-refractivity contribution in [3.63, 3.8) is 0 Å². The molecule has 136 valence electrons. The number of fused-ring (bicyclic) bond motifs is 1. The predicted molar refractivity (Wildman–Crippen MR) is 98.5 cm³/mol. The largest absolute Gasteiger partial charge is 0.454 e. The zero-order chi connectivity index (χ0) is 18.7. The third kappa shape index (κ3) is 4.05. The molecule has 0 radical (unpaired) electrons. The lowest BCUT2D eigenvalue weighted by Crippen LogP contribution is -2.31. The van der Waals surface area contributed by atoms with E-state index >= 15 is 0 Å². The van der Waals surface area contributed by atoms with Gasteiger partial charge < -0.3 is 25.0 Å². The van der Waals surface area contributed by atoms with Crippen LogP contribution in [0.1, 0.15) is 18.1 Å². The Kier molecular flexibility index (Phi) is 4.97. The van der Waals surface area contributed by atoms with E-state index in [9.17, 15) is 9.59 Å². The van der Waals surface area contributed by atoms with Gasteiger partial charge >= 0.3 is 6.03 Å². The monoisotopic (exact) mass is 355 g/mol. The number of anilines is 2. The number of benzene rings is 2. The first-order valence-electron chi connectivity index (χ1n) is 8.21. The van der Waals surface area contributed by atoms with E-state index in [1.54, 1.807) is 24.1 Å². The van der Waals surface area contributed by atoms with Crippen LogP contribution in [0.4, 0.5) is 16.2 Å². The third-order valence-electron chi connectivity index (χ3n) is 4.00. The van der Waals surface area contributed by atoms with E-state index in [0.29, 0.717) is 29.4 Å². The first-order valence-corrected chi connectivity index (χ1v) is 8.21. The van der Waals surface area contributed by atoms with Crippen LogP contribution in [0.25, 0.3) is 0 Å². The fourth-order valence-corrected chi connectivity index (χ4v) is 2.63. The molecule has 0 aliphatic carbocycles. The molecule has 0 saturated carbocycles. The summed E-state index contributed by atoms with van der Waals surface area (Å²) < 4.78 is 10.7. The summed E-state index contributed by atoms with van der Waals surface area (Å²) in [5.41, 5.74) is 3.13. The van der Waals surface area contributed by atoms with Crippen molar-refractivity contribution in [1.82, 2.24) is 4.90 Å². The maximum atomic E-state index is 12.5. The summed E-state index contributed by atoms with van der Waals surface area (Å²) in [5, 5.41) is 5.58. The molecule has 0 spiro atoms. The molecule has 2 aromatic rings. The molecule has 0 saturated heterocycles. The molecule has 1 aliphatic rings. The molecular formula is C19H21N3O4. The van der Waals surface area contributed by atoms with Crippen molar-refractivity contribution < 1.29 is 19.1 Å². The van der Waals surface area contributed by atoms with Gasteiger partial charge in [-0.2, -0.15) is 0 Å². The van der Waals surface area contributed by atoms with Gasteiger partial charge in [0.2, 0.25) is 12.7 Å². The van der Waals surface area contributed by atoms with Crippen LogP contribution < -0.4 is 20.1 Å². The highest BCUT2D eigenvalue weighted by Gasteiger charge is 2.16. The van der Waals surface area contributed by atoms with Crippen LogP contribution in [-0.4, -0.2) is 30.7 Å². The maximum absolute atomic E-state index is 12.5. The fraction of sp³-hybridized carbons (Fsp3) is 0.263. The molecule has 0 atom stereocenters. The molecule has 0 aromatic heterocycles. The van der Waals surface area contributed by atoms with Gasteiger partial charge in [0.1, 0.15) is 0 Å². The average molecular weight is 355 g/mol. The van der Waals surface area contributed by atoms with Crippen molar-refractivity contribution in [2.24, 2.45) is 0 Å². The van der Waals surface area contributed by atoms with E-state index in [1.165, 1.54) is 6.92 Å². The van der Waals surface area contributed by atoms with Gasteiger partial charge in [-0.3, -0.25) is 4.79 Å². The zero-order valence-corrected chi connectivity index (χ0v) is 15.0. The van der Waals surface area contributed by atoms with E-state index in [4.69, 9.17) is 9.47 Å².